The van der Waals surface area contributed by atoms with Gasteiger partial charge in [-0.15, -0.1) is 11.3 Å². The normalized spacial score (nSPS) is 10.4. The molecule has 2 N–H and O–H groups in total. The lowest BCUT2D eigenvalue weighted by Crippen LogP contribution is -1.72. The molecule has 0 bridgehead atoms. The highest BCUT2D eigenvalue weighted by Crippen LogP contribution is 2.25. The van der Waals surface area contributed by atoms with E-state index in [9.17, 15) is 0 Å². The number of hydrogen-bond acceptors (Lipinski definition) is 3. The minimum absolute atomic E-state index is 0.850. The topological polar surface area (TPSA) is 38.9 Å². The quantitative estimate of drug-likeness (QED) is 0.622. The summed E-state index contributed by atoms with van der Waals surface area (Å²) in [7, 11) is 0. The zero-order valence-electron chi connectivity index (χ0n) is 5.24. The van der Waals surface area contributed by atoms with E-state index in [1.807, 2.05) is 18.3 Å². The summed E-state index contributed by atoms with van der Waals surface area (Å²) in [6.45, 7) is 0. The second-order valence-corrected chi connectivity index (χ2v) is 3.18. The van der Waals surface area contributed by atoms with Crippen molar-refractivity contribution >= 4 is 26.4 Å². The van der Waals surface area contributed by atoms with E-state index in [1.54, 1.807) is 17.5 Å². The van der Waals surface area contributed by atoms with Crippen molar-refractivity contribution in [2.45, 2.75) is 0 Å². The Hall–Kier alpha value is -1.09. The number of anilines is 1. The zero-order valence-corrected chi connectivity index (χ0v) is 6.06. The van der Waals surface area contributed by atoms with Gasteiger partial charge in [0.2, 0.25) is 0 Å². The van der Waals surface area contributed by atoms with Crippen LogP contribution in [0.3, 0.4) is 0 Å². The van der Waals surface area contributed by atoms with Crippen molar-refractivity contribution in [3.63, 3.8) is 0 Å². The van der Waals surface area contributed by atoms with Gasteiger partial charge in [-0.1, -0.05) is 0 Å². The molecule has 0 atom stereocenters. The van der Waals surface area contributed by atoms with Crippen molar-refractivity contribution < 1.29 is 0 Å². The van der Waals surface area contributed by atoms with Crippen LogP contribution in [0.15, 0.2) is 24.5 Å². The van der Waals surface area contributed by atoms with Crippen molar-refractivity contribution in [1.82, 2.24) is 4.98 Å². The Morgan fingerprint density at radius 1 is 1.50 bits per heavy atom. The monoisotopic (exact) mass is 150 g/mol. The zero-order chi connectivity index (χ0) is 6.97. The van der Waals surface area contributed by atoms with Crippen LogP contribution in [0.4, 0.5) is 5.00 Å². The smallest absolute Gasteiger partial charge is 0.0869 e. The Balaban J connectivity index is 2.88. The highest BCUT2D eigenvalue weighted by Gasteiger charge is 1.95. The van der Waals surface area contributed by atoms with Crippen LogP contribution >= 0.6 is 11.3 Å². The number of nitrogens with two attached hydrogens (primary N) is 1. The van der Waals surface area contributed by atoms with Crippen molar-refractivity contribution in [2.24, 2.45) is 0 Å². The molecule has 2 aromatic rings. The van der Waals surface area contributed by atoms with Crippen LogP contribution in [-0.4, -0.2) is 4.98 Å². The maximum atomic E-state index is 5.58. The molecular formula is C7H6N2S. The summed E-state index contributed by atoms with van der Waals surface area (Å²) in [5, 5.41) is 2.03. The Bertz CT molecular complexity index is 320. The molecule has 0 spiro atoms. The van der Waals surface area contributed by atoms with Gasteiger partial charge in [-0.25, -0.2) is 0 Å². The molecule has 10 heavy (non-hydrogen) atoms. The van der Waals surface area contributed by atoms with Gasteiger partial charge in [0.15, 0.2) is 0 Å². The maximum absolute atomic E-state index is 5.58. The summed E-state index contributed by atoms with van der Waals surface area (Å²) < 4.78 is 1.15. The van der Waals surface area contributed by atoms with E-state index in [0.29, 0.717) is 0 Å². The third kappa shape index (κ3) is 0.752. The maximum Gasteiger partial charge on any atom is 0.0869 e. The number of aromatic nitrogens is 1. The molecule has 0 saturated carbocycles. The second-order valence-electron chi connectivity index (χ2n) is 2.06. The number of pyridine rings is 1. The average Bonchev–Trinajstić information content (AvgIpc) is 2.27. The summed E-state index contributed by atoms with van der Waals surface area (Å²) >= 11 is 1.57. The van der Waals surface area contributed by atoms with E-state index in [-0.39, 0.29) is 0 Å². The molecule has 2 heterocycles. The van der Waals surface area contributed by atoms with Crippen LogP contribution < -0.4 is 5.73 Å². The molecule has 0 aliphatic heterocycles. The lowest BCUT2D eigenvalue weighted by atomic mass is 10.3. The number of thiophene rings is 1. The third-order valence-electron chi connectivity index (χ3n) is 1.34. The van der Waals surface area contributed by atoms with E-state index in [2.05, 4.69) is 4.98 Å². The van der Waals surface area contributed by atoms with Gasteiger partial charge in [-0.2, -0.15) is 0 Å². The van der Waals surface area contributed by atoms with Gasteiger partial charge in [0.25, 0.3) is 0 Å². The second kappa shape index (κ2) is 1.95. The van der Waals surface area contributed by atoms with E-state index in [0.717, 1.165) is 9.70 Å². The molecule has 0 aromatic carbocycles. The summed E-state index contributed by atoms with van der Waals surface area (Å²) in [4.78, 5) is 3.98. The van der Waals surface area contributed by atoms with Gasteiger partial charge >= 0.3 is 0 Å². The standard InChI is InChI=1S/C7H6N2S/c8-7-3-5-1-2-9-4-6(5)10-7/h1-4H,8H2. The number of fused-ring (bicyclic) bond motifs is 1. The molecular weight excluding hydrogens is 144 g/mol. The Morgan fingerprint density at radius 2 is 2.40 bits per heavy atom. The van der Waals surface area contributed by atoms with Gasteiger partial charge < -0.3 is 5.73 Å². The largest absolute Gasteiger partial charge is 0.391 e. The molecule has 2 rings (SSSR count). The fourth-order valence-corrected chi connectivity index (χ4v) is 1.70. The molecule has 0 unspecified atom stereocenters. The first-order valence-electron chi connectivity index (χ1n) is 2.95. The lowest BCUT2D eigenvalue weighted by Gasteiger charge is -1.81. The van der Waals surface area contributed by atoms with Crippen LogP contribution in [0, 0.1) is 0 Å². The first-order chi connectivity index (χ1) is 4.86. The van der Waals surface area contributed by atoms with Crippen LogP contribution in [0.25, 0.3) is 10.1 Å². The molecule has 0 amide bonds. The van der Waals surface area contributed by atoms with Crippen molar-refractivity contribution in [2.75, 3.05) is 5.73 Å². The third-order valence-corrected chi connectivity index (χ3v) is 2.26. The molecule has 2 nitrogen and oxygen atoms in total. The molecule has 50 valence electrons. The van der Waals surface area contributed by atoms with Gasteiger partial charge in [0, 0.05) is 12.4 Å². The molecule has 0 aliphatic rings. The molecule has 0 saturated heterocycles. The van der Waals surface area contributed by atoms with Crippen molar-refractivity contribution in [1.29, 1.82) is 0 Å². The lowest BCUT2D eigenvalue weighted by molar-refractivity contribution is 1.37. The minimum atomic E-state index is 0.850. The SMILES string of the molecule is Nc1cc2ccncc2s1. The summed E-state index contributed by atoms with van der Waals surface area (Å²) in [6, 6.07) is 3.92. The average molecular weight is 150 g/mol. The van der Waals surface area contributed by atoms with E-state index < -0.39 is 0 Å². The van der Waals surface area contributed by atoms with Crippen LogP contribution in [-0.2, 0) is 0 Å². The number of rotatable bonds is 0. The van der Waals surface area contributed by atoms with Crippen LogP contribution in [0.1, 0.15) is 0 Å². The molecule has 0 radical (unpaired) electrons. The Morgan fingerprint density at radius 3 is 3.20 bits per heavy atom. The van der Waals surface area contributed by atoms with Gasteiger partial charge in [-0.05, 0) is 17.5 Å². The first-order valence-corrected chi connectivity index (χ1v) is 3.77. The van der Waals surface area contributed by atoms with Gasteiger partial charge in [0.1, 0.15) is 0 Å². The van der Waals surface area contributed by atoms with Crippen LogP contribution in [0.5, 0.6) is 0 Å². The molecule has 0 fully saturated rings. The minimum Gasteiger partial charge on any atom is -0.391 e. The first kappa shape index (κ1) is 5.68. The van der Waals surface area contributed by atoms with Gasteiger partial charge in [0.05, 0.1) is 9.70 Å². The summed E-state index contributed by atoms with van der Waals surface area (Å²) in [5.41, 5.74) is 5.58. The highest BCUT2D eigenvalue weighted by molar-refractivity contribution is 7.22. The van der Waals surface area contributed by atoms with Crippen molar-refractivity contribution in [3.05, 3.63) is 24.5 Å². The van der Waals surface area contributed by atoms with Crippen molar-refractivity contribution in [3.8, 4) is 0 Å². The van der Waals surface area contributed by atoms with E-state index >= 15 is 0 Å². The molecule has 0 aliphatic carbocycles. The van der Waals surface area contributed by atoms with Gasteiger partial charge in [-0.3, -0.25) is 4.98 Å². The fourth-order valence-electron chi connectivity index (χ4n) is 0.905. The van der Waals surface area contributed by atoms with Crippen LogP contribution in [0.2, 0.25) is 0 Å². The summed E-state index contributed by atoms with van der Waals surface area (Å²) in [6.07, 6.45) is 3.60. The van der Waals surface area contributed by atoms with E-state index in [4.69, 9.17) is 5.73 Å². The number of hydrogen-bond donors (Lipinski definition) is 1. The highest BCUT2D eigenvalue weighted by atomic mass is 32.1. The predicted molar refractivity (Wildman–Crippen MR) is 44.0 cm³/mol. The number of nitrogen functional groups attached to an aromatic ring is 1. The molecule has 2 aromatic heterocycles. The summed E-state index contributed by atoms with van der Waals surface area (Å²) in [5.74, 6) is 0. The molecule has 3 heteroatoms. The van der Waals surface area contributed by atoms with E-state index in [1.165, 1.54) is 5.39 Å². The fraction of sp³-hybridized carbons (Fsp3) is 0. The number of nitrogens with zero attached hydrogens (tertiary/aromatic N) is 1. The Kier molecular flexibility index (Phi) is 1.11. The predicted octanol–water partition coefficient (Wildman–Crippen LogP) is 1.88. The Labute approximate surface area is 62.3 Å².